The second kappa shape index (κ2) is 12.3. The van der Waals surface area contributed by atoms with Crippen LogP contribution in [0.5, 0.6) is 5.75 Å². The smallest absolute Gasteiger partial charge is 0.310 e. The Morgan fingerprint density at radius 3 is 2.63 bits per heavy atom. The van der Waals surface area contributed by atoms with Crippen molar-refractivity contribution < 1.29 is 29.0 Å². The van der Waals surface area contributed by atoms with Gasteiger partial charge in [-0.3, -0.25) is 14.4 Å². The number of carbonyl (C=O) groups is 3. The normalized spacial score (nSPS) is 29.2. The molecular weight excluding hydrogens is 572 g/mol. The largest absolute Gasteiger partial charge is 0.497 e. The monoisotopic (exact) mass is 606 g/mol. The van der Waals surface area contributed by atoms with Crippen molar-refractivity contribution in [3.8, 4) is 5.75 Å². The first-order chi connectivity index (χ1) is 18.3. The Morgan fingerprint density at radius 1 is 1.26 bits per heavy atom. The van der Waals surface area contributed by atoms with E-state index in [1.54, 1.807) is 54.1 Å². The fourth-order valence-electron chi connectivity index (χ4n) is 6.05. The summed E-state index contributed by atoms with van der Waals surface area (Å²) in [4.78, 5) is 44.6. The minimum absolute atomic E-state index is 0.0134. The molecule has 38 heavy (non-hydrogen) atoms. The van der Waals surface area contributed by atoms with Gasteiger partial charge in [0.15, 0.2) is 0 Å². The number of anilines is 1. The summed E-state index contributed by atoms with van der Waals surface area (Å²) in [7, 11) is 1.57. The number of halogens is 1. The van der Waals surface area contributed by atoms with Gasteiger partial charge in [-0.2, -0.15) is 0 Å². The second-order valence-electron chi connectivity index (χ2n) is 9.81. The van der Waals surface area contributed by atoms with Crippen LogP contribution in [-0.2, 0) is 19.1 Å². The van der Waals surface area contributed by atoms with Gasteiger partial charge in [0, 0.05) is 28.9 Å². The quantitative estimate of drug-likeness (QED) is 0.159. The van der Waals surface area contributed by atoms with Crippen LogP contribution in [0.2, 0.25) is 0 Å². The Balaban J connectivity index is 1.66. The van der Waals surface area contributed by atoms with E-state index in [2.05, 4.69) is 29.1 Å². The number of β-amino-alcohol motifs (C(OH)–C–C–N with tert-alkyl or cyclic N) is 1. The molecule has 3 saturated heterocycles. The molecule has 206 valence electrons. The molecule has 4 rings (SSSR count). The molecule has 0 aromatic heterocycles. The Kier molecular flexibility index (Phi) is 9.26. The van der Waals surface area contributed by atoms with Gasteiger partial charge in [-0.15, -0.1) is 24.9 Å². The van der Waals surface area contributed by atoms with Gasteiger partial charge in [0.2, 0.25) is 5.91 Å². The Hall–Kier alpha value is -2.30. The number of unbranched alkanes of at least 4 members (excludes halogenated alkanes) is 2. The molecule has 3 aliphatic rings. The number of methoxy groups -OCH3 is 1. The lowest BCUT2D eigenvalue weighted by Crippen LogP contribution is -2.56. The summed E-state index contributed by atoms with van der Waals surface area (Å²) in [5.74, 6) is -1.60. The molecule has 3 fully saturated rings. The lowest BCUT2D eigenvalue weighted by Gasteiger charge is -2.37. The highest BCUT2D eigenvalue weighted by molar-refractivity contribution is 9.09. The van der Waals surface area contributed by atoms with Gasteiger partial charge < -0.3 is 24.4 Å². The number of rotatable bonds is 13. The third kappa shape index (κ3) is 5.02. The molecule has 1 spiro atoms. The molecule has 1 aromatic rings. The van der Waals surface area contributed by atoms with E-state index in [9.17, 15) is 19.5 Å². The maximum Gasteiger partial charge on any atom is 0.310 e. The molecule has 3 heterocycles. The number of thioether (sulfide) groups is 1. The molecule has 3 unspecified atom stereocenters. The number of aliphatic hydroxyl groups excluding tert-OH is 1. The van der Waals surface area contributed by atoms with Crippen LogP contribution >= 0.6 is 27.7 Å². The van der Waals surface area contributed by atoms with Crippen molar-refractivity contribution in [3.05, 3.63) is 49.6 Å². The van der Waals surface area contributed by atoms with Crippen LogP contribution in [0.4, 0.5) is 5.69 Å². The first-order valence-corrected chi connectivity index (χ1v) is 14.7. The predicted molar refractivity (Wildman–Crippen MR) is 152 cm³/mol. The molecule has 10 heteroatoms. The van der Waals surface area contributed by atoms with Gasteiger partial charge in [0.1, 0.15) is 11.8 Å². The first-order valence-electron chi connectivity index (χ1n) is 12.9. The van der Waals surface area contributed by atoms with Crippen LogP contribution in [0, 0.1) is 11.8 Å². The fraction of sp³-hybridized carbons (Fsp3) is 0.536. The SMILES string of the molecule is C=CCCCCOC(=O)[C@H]1[C@H]2C(=O)N(CCO)C(C(=O)N(CC=C)c3ccc(OC)cc3)C23CC(Br)[C@@H]1S3. The Bertz CT molecular complexity index is 1070. The minimum Gasteiger partial charge on any atom is -0.497 e. The van der Waals surface area contributed by atoms with Gasteiger partial charge in [-0.1, -0.05) is 28.1 Å². The van der Waals surface area contributed by atoms with E-state index in [0.717, 1.165) is 19.3 Å². The standard InChI is InChI=1S/C28H35BrN2O6S/c1-4-6-7-8-16-37-27(35)21-22-25(33)31(14-15-32)24(28(22)17-20(29)23(21)38-28)26(34)30(13-5-2)18-9-11-19(36-3)12-10-18/h4-5,9-12,20-24,32H,1-2,6-8,13-17H2,3H3/t20?,21-,22-,23-,24?,28?/m0/s1. The minimum atomic E-state index is -0.838. The number of amides is 2. The van der Waals surface area contributed by atoms with Gasteiger partial charge in [-0.25, -0.2) is 0 Å². The number of benzene rings is 1. The maximum absolute atomic E-state index is 14.3. The number of esters is 1. The van der Waals surface area contributed by atoms with Gasteiger partial charge in [0.25, 0.3) is 5.91 Å². The zero-order valence-corrected chi connectivity index (χ0v) is 24.0. The lowest BCUT2D eigenvalue weighted by molar-refractivity contribution is -0.154. The van der Waals surface area contributed by atoms with Gasteiger partial charge in [0.05, 0.1) is 36.9 Å². The van der Waals surface area contributed by atoms with Gasteiger partial charge in [-0.05, 0) is 49.9 Å². The third-order valence-electron chi connectivity index (χ3n) is 7.64. The summed E-state index contributed by atoms with van der Waals surface area (Å²) in [5.41, 5.74) is 0.648. The maximum atomic E-state index is 14.3. The van der Waals surface area contributed by atoms with Crippen LogP contribution in [0.25, 0.3) is 0 Å². The molecule has 3 aliphatic heterocycles. The second-order valence-corrected chi connectivity index (χ2v) is 12.5. The van der Waals surface area contributed by atoms with E-state index in [4.69, 9.17) is 9.47 Å². The number of carbonyl (C=O) groups excluding carboxylic acids is 3. The fourth-order valence-corrected chi connectivity index (χ4v) is 9.64. The molecule has 8 nitrogen and oxygen atoms in total. The summed E-state index contributed by atoms with van der Waals surface area (Å²) in [6, 6.07) is 6.30. The topological polar surface area (TPSA) is 96.4 Å². The van der Waals surface area contributed by atoms with E-state index >= 15 is 0 Å². The highest BCUT2D eigenvalue weighted by Gasteiger charge is 2.76. The van der Waals surface area contributed by atoms with Crippen molar-refractivity contribution in [1.29, 1.82) is 0 Å². The first kappa shape index (κ1) is 28.7. The number of allylic oxidation sites excluding steroid dienone is 1. The van der Waals surface area contributed by atoms with E-state index in [1.807, 2.05) is 6.08 Å². The number of nitrogens with zero attached hydrogens (tertiary/aromatic N) is 2. The molecule has 1 aromatic carbocycles. The van der Waals surface area contributed by atoms with Crippen molar-refractivity contribution in [2.75, 3.05) is 38.3 Å². The van der Waals surface area contributed by atoms with Crippen LogP contribution in [0.1, 0.15) is 25.7 Å². The van der Waals surface area contributed by atoms with Crippen molar-refractivity contribution in [2.45, 2.75) is 46.5 Å². The number of hydrogen-bond acceptors (Lipinski definition) is 7. The molecule has 1 N–H and O–H groups in total. The van der Waals surface area contributed by atoms with E-state index in [-0.39, 0.29) is 54.2 Å². The molecule has 0 radical (unpaired) electrons. The van der Waals surface area contributed by atoms with Crippen molar-refractivity contribution in [2.24, 2.45) is 11.8 Å². The number of likely N-dealkylation sites (tertiary alicyclic amines) is 1. The highest BCUT2D eigenvalue weighted by Crippen LogP contribution is 2.68. The number of fused-ring (bicyclic) bond motifs is 1. The number of ether oxygens (including phenoxy) is 2. The zero-order valence-electron chi connectivity index (χ0n) is 21.6. The number of aliphatic hydroxyl groups is 1. The predicted octanol–water partition coefficient (Wildman–Crippen LogP) is 3.57. The number of hydrogen-bond donors (Lipinski definition) is 1. The van der Waals surface area contributed by atoms with E-state index in [1.165, 1.54) is 4.90 Å². The molecule has 6 atom stereocenters. The van der Waals surface area contributed by atoms with Crippen molar-refractivity contribution in [3.63, 3.8) is 0 Å². The summed E-state index contributed by atoms with van der Waals surface area (Å²) >= 11 is 5.30. The average Bonchev–Trinajstić information content (AvgIpc) is 3.50. The summed E-state index contributed by atoms with van der Waals surface area (Å²) < 4.78 is 10.1. The van der Waals surface area contributed by atoms with Crippen LogP contribution in [-0.4, -0.2) is 82.1 Å². The molecule has 2 amide bonds. The van der Waals surface area contributed by atoms with Crippen LogP contribution in [0.3, 0.4) is 0 Å². The summed E-state index contributed by atoms with van der Waals surface area (Å²) in [5, 5.41) is 9.67. The zero-order chi connectivity index (χ0) is 27.4. The summed E-state index contributed by atoms with van der Waals surface area (Å²) in [6.07, 6.45) is 6.48. The number of alkyl halides is 1. The molecular formula is C28H35BrN2O6S. The van der Waals surface area contributed by atoms with Crippen molar-refractivity contribution in [1.82, 2.24) is 4.90 Å². The molecule has 0 aliphatic carbocycles. The van der Waals surface area contributed by atoms with Crippen molar-refractivity contribution >= 4 is 51.2 Å². The van der Waals surface area contributed by atoms with Gasteiger partial charge >= 0.3 is 5.97 Å². The van der Waals surface area contributed by atoms with Crippen LogP contribution in [0.15, 0.2) is 49.6 Å². The van der Waals surface area contributed by atoms with E-state index in [0.29, 0.717) is 17.9 Å². The Morgan fingerprint density at radius 2 is 2.00 bits per heavy atom. The average molecular weight is 608 g/mol. The molecule has 0 saturated carbocycles. The van der Waals surface area contributed by atoms with Crippen LogP contribution < -0.4 is 9.64 Å². The summed E-state index contributed by atoms with van der Waals surface area (Å²) in [6.45, 7) is 7.79. The molecule has 2 bridgehead atoms. The lowest BCUT2D eigenvalue weighted by atomic mass is 9.71. The highest BCUT2D eigenvalue weighted by atomic mass is 79.9. The third-order valence-corrected chi connectivity index (χ3v) is 10.9. The Labute approximate surface area is 236 Å². The van der Waals surface area contributed by atoms with E-state index < -0.39 is 22.6 Å².